The first-order valence-electron chi connectivity index (χ1n) is 9.73. The highest BCUT2D eigenvalue weighted by atomic mass is 19.1. The second kappa shape index (κ2) is 6.59. The number of amides is 1. The third-order valence-electron chi connectivity index (χ3n) is 5.69. The second-order valence-electron chi connectivity index (χ2n) is 7.75. The molecule has 1 fully saturated rings. The van der Waals surface area contributed by atoms with Crippen molar-refractivity contribution in [2.24, 2.45) is 0 Å². The van der Waals surface area contributed by atoms with Crippen molar-refractivity contribution in [2.45, 2.75) is 25.3 Å². The monoisotopic (exact) mass is 385 g/mol. The number of hydrogen-bond donors (Lipinski definition) is 0. The van der Waals surface area contributed by atoms with Crippen LogP contribution in [0.25, 0.3) is 5.57 Å². The zero-order valence-corrected chi connectivity index (χ0v) is 16.1. The van der Waals surface area contributed by atoms with Crippen molar-refractivity contribution in [3.8, 4) is 11.5 Å². The van der Waals surface area contributed by atoms with Crippen molar-refractivity contribution in [3.05, 3.63) is 95.8 Å². The quantitative estimate of drug-likeness (QED) is 0.558. The minimum Gasteiger partial charge on any atom is -0.457 e. The Hall–Kier alpha value is -3.40. The molecule has 5 rings (SSSR count). The van der Waals surface area contributed by atoms with Crippen molar-refractivity contribution in [2.75, 3.05) is 4.90 Å². The summed E-state index contributed by atoms with van der Waals surface area (Å²) < 4.78 is 19.5. The van der Waals surface area contributed by atoms with Crippen molar-refractivity contribution < 1.29 is 13.9 Å². The van der Waals surface area contributed by atoms with Crippen molar-refractivity contribution in [3.63, 3.8) is 0 Å². The van der Waals surface area contributed by atoms with Gasteiger partial charge in [-0.05, 0) is 66.9 Å². The Balaban J connectivity index is 1.65. The third kappa shape index (κ3) is 3.01. The maximum absolute atomic E-state index is 13.5. The van der Waals surface area contributed by atoms with E-state index in [1.54, 1.807) is 12.1 Å². The Kier molecular flexibility index (Phi) is 4.02. The van der Waals surface area contributed by atoms with E-state index in [9.17, 15) is 9.18 Å². The van der Waals surface area contributed by atoms with Crippen LogP contribution >= 0.6 is 0 Å². The maximum atomic E-state index is 13.5. The van der Waals surface area contributed by atoms with Crippen molar-refractivity contribution in [1.29, 1.82) is 0 Å². The number of anilines is 1. The first-order chi connectivity index (χ1) is 14.0. The molecule has 2 aliphatic rings. The second-order valence-corrected chi connectivity index (χ2v) is 7.75. The molecule has 3 nitrogen and oxygen atoms in total. The molecule has 1 atom stereocenters. The highest BCUT2D eigenvalue weighted by molar-refractivity contribution is 6.05. The first-order valence-corrected chi connectivity index (χ1v) is 9.73. The predicted octanol–water partition coefficient (Wildman–Crippen LogP) is 5.95. The Labute approximate surface area is 169 Å². The van der Waals surface area contributed by atoms with Gasteiger partial charge in [-0.25, -0.2) is 4.39 Å². The van der Waals surface area contributed by atoms with Gasteiger partial charge in [-0.2, -0.15) is 0 Å². The van der Waals surface area contributed by atoms with Crippen LogP contribution in [0.1, 0.15) is 30.9 Å². The zero-order chi connectivity index (χ0) is 20.0. The minimum absolute atomic E-state index is 0.125. The van der Waals surface area contributed by atoms with Crippen LogP contribution in [0.5, 0.6) is 11.5 Å². The summed E-state index contributed by atoms with van der Waals surface area (Å²) in [7, 11) is 0. The van der Waals surface area contributed by atoms with E-state index in [0.717, 1.165) is 34.6 Å². The fraction of sp³-hybridized carbons (Fsp3) is 0.160. The molecule has 2 heterocycles. The van der Waals surface area contributed by atoms with E-state index in [0.29, 0.717) is 12.2 Å². The lowest BCUT2D eigenvalue weighted by molar-refractivity contribution is -0.117. The molecule has 0 saturated carbocycles. The maximum Gasteiger partial charge on any atom is 0.227 e. The molecule has 0 N–H and O–H groups in total. The van der Waals surface area contributed by atoms with Gasteiger partial charge in [0, 0.05) is 12.0 Å². The van der Waals surface area contributed by atoms with E-state index in [2.05, 4.69) is 13.0 Å². The molecular formula is C25H20FNO2. The smallest absolute Gasteiger partial charge is 0.227 e. The van der Waals surface area contributed by atoms with E-state index in [1.165, 1.54) is 12.1 Å². The summed E-state index contributed by atoms with van der Waals surface area (Å²) in [5, 5.41) is 0. The molecule has 1 unspecified atom stereocenters. The van der Waals surface area contributed by atoms with Crippen LogP contribution in [0, 0.1) is 5.82 Å². The highest BCUT2D eigenvalue weighted by Crippen LogP contribution is 2.48. The number of ether oxygens (including phenoxy) is 1. The van der Waals surface area contributed by atoms with E-state index in [-0.39, 0.29) is 17.3 Å². The average Bonchev–Trinajstić information content (AvgIpc) is 3.04. The van der Waals surface area contributed by atoms with Gasteiger partial charge in [0.1, 0.15) is 17.3 Å². The van der Waals surface area contributed by atoms with Gasteiger partial charge in [0.15, 0.2) is 0 Å². The molecule has 29 heavy (non-hydrogen) atoms. The molecule has 1 amide bonds. The number of rotatable bonds is 3. The van der Waals surface area contributed by atoms with Gasteiger partial charge >= 0.3 is 0 Å². The topological polar surface area (TPSA) is 29.5 Å². The number of fused-ring (bicyclic) bond motifs is 3. The predicted molar refractivity (Wildman–Crippen MR) is 112 cm³/mol. The lowest BCUT2D eigenvalue weighted by Gasteiger charge is -2.39. The van der Waals surface area contributed by atoms with Crippen LogP contribution in [0.4, 0.5) is 10.1 Å². The van der Waals surface area contributed by atoms with Crippen LogP contribution in [0.15, 0.2) is 78.9 Å². The Bertz CT molecular complexity index is 1120. The van der Waals surface area contributed by atoms with Crippen molar-refractivity contribution in [1.82, 2.24) is 0 Å². The van der Waals surface area contributed by atoms with Gasteiger partial charge in [0.2, 0.25) is 5.91 Å². The van der Waals surface area contributed by atoms with Crippen LogP contribution in [0.2, 0.25) is 0 Å². The summed E-state index contributed by atoms with van der Waals surface area (Å²) in [6.07, 6.45) is 3.42. The highest BCUT2D eigenvalue weighted by Gasteiger charge is 2.45. The molecule has 3 aromatic carbocycles. The molecule has 0 radical (unpaired) electrons. The lowest BCUT2D eigenvalue weighted by Crippen LogP contribution is -2.44. The summed E-state index contributed by atoms with van der Waals surface area (Å²) in [5.74, 6) is 1.30. The van der Waals surface area contributed by atoms with Gasteiger partial charge in [0.25, 0.3) is 0 Å². The number of halogens is 1. The standard InChI is InChI=1S/C25H20FNO2/c1-25-14-13-24(28)27(25)23-12-11-20(29-19-5-3-2-4-6-19)15-21(23)22(16-25)17-7-9-18(26)10-8-17/h2-12,15-16H,13-14H2,1H3. The molecule has 0 bridgehead atoms. The number of benzene rings is 3. The molecule has 144 valence electrons. The van der Waals surface area contributed by atoms with Crippen LogP contribution < -0.4 is 9.64 Å². The SMILES string of the molecule is CC12C=C(c3ccc(F)cc3)c3cc(Oc4ccccc4)ccc3N1C(=O)CC2. The van der Waals surface area contributed by atoms with Crippen LogP contribution in [-0.2, 0) is 4.79 Å². The largest absolute Gasteiger partial charge is 0.457 e. The fourth-order valence-electron chi connectivity index (χ4n) is 4.29. The van der Waals surface area contributed by atoms with E-state index >= 15 is 0 Å². The number of hydrogen-bond acceptors (Lipinski definition) is 2. The Morgan fingerprint density at radius 1 is 0.966 bits per heavy atom. The normalized spacial score (nSPS) is 20.1. The van der Waals surface area contributed by atoms with Gasteiger partial charge in [-0.1, -0.05) is 36.4 Å². The van der Waals surface area contributed by atoms with Crippen LogP contribution in [0.3, 0.4) is 0 Å². The summed E-state index contributed by atoms with van der Waals surface area (Å²) >= 11 is 0. The molecule has 1 saturated heterocycles. The third-order valence-corrected chi connectivity index (χ3v) is 5.69. The van der Waals surface area contributed by atoms with Crippen molar-refractivity contribution >= 4 is 17.2 Å². The molecule has 4 heteroatoms. The lowest BCUT2D eigenvalue weighted by atomic mass is 9.84. The first kappa shape index (κ1) is 17.7. The van der Waals surface area contributed by atoms with Gasteiger partial charge in [-0.15, -0.1) is 0 Å². The van der Waals surface area contributed by atoms with E-state index in [1.807, 2.05) is 53.4 Å². The van der Waals surface area contributed by atoms with Crippen LogP contribution in [-0.4, -0.2) is 11.4 Å². The summed E-state index contributed by atoms with van der Waals surface area (Å²) in [6.45, 7) is 2.08. The number of nitrogens with zero attached hydrogens (tertiary/aromatic N) is 1. The summed E-state index contributed by atoms with van der Waals surface area (Å²) in [4.78, 5) is 14.5. The number of carbonyl (C=O) groups excluding carboxylic acids is 1. The Morgan fingerprint density at radius 2 is 1.72 bits per heavy atom. The average molecular weight is 385 g/mol. The molecule has 0 spiro atoms. The molecule has 3 aromatic rings. The van der Waals surface area contributed by atoms with Gasteiger partial charge in [-0.3, -0.25) is 4.79 Å². The molecular weight excluding hydrogens is 365 g/mol. The van der Waals surface area contributed by atoms with E-state index < -0.39 is 0 Å². The fourth-order valence-corrected chi connectivity index (χ4v) is 4.29. The Morgan fingerprint density at radius 3 is 2.48 bits per heavy atom. The number of para-hydroxylation sites is 1. The van der Waals surface area contributed by atoms with Gasteiger partial charge < -0.3 is 9.64 Å². The molecule has 0 aliphatic carbocycles. The zero-order valence-electron chi connectivity index (χ0n) is 16.1. The van der Waals surface area contributed by atoms with E-state index in [4.69, 9.17) is 4.74 Å². The molecule has 2 aliphatic heterocycles. The number of carbonyl (C=O) groups is 1. The minimum atomic E-state index is -0.379. The van der Waals surface area contributed by atoms with Gasteiger partial charge in [0.05, 0.1) is 11.2 Å². The molecule has 0 aromatic heterocycles. The summed E-state index contributed by atoms with van der Waals surface area (Å²) in [5.41, 5.74) is 3.32. The summed E-state index contributed by atoms with van der Waals surface area (Å²) in [6, 6.07) is 21.9.